The number of hydrogen-bond acceptors (Lipinski definition) is 1. The van der Waals surface area contributed by atoms with Crippen LogP contribution < -0.4 is 0 Å². The Balaban J connectivity index is 1.42. The highest BCUT2D eigenvalue weighted by Gasteiger charge is 2.16. The largest absolute Gasteiger partial charge is 0.309 e. The molecule has 0 bridgehead atoms. The zero-order valence-corrected chi connectivity index (χ0v) is 25.4. The standard InChI is InChI=1S/C43H34N2/c1-3-11-30(2)32-14-10-16-34(27-32)35-19-22-39-37(28-35)21-24-41-40-23-20-36(33-15-9-13-31(26-33)12-7-8-25-44)29-42(40)45(43(39)41)38-17-5-4-6-18-38/h3-11,13-29,44H,1,12H2,2H3/b8-7-,30-11+,44-25?. The van der Waals surface area contributed by atoms with Crippen LogP contribution in [0.5, 0.6) is 0 Å². The van der Waals surface area contributed by atoms with Gasteiger partial charge in [-0.05, 0) is 94.1 Å². The molecule has 45 heavy (non-hydrogen) atoms. The Morgan fingerprint density at radius 2 is 1.40 bits per heavy atom. The summed E-state index contributed by atoms with van der Waals surface area (Å²) in [5.41, 5.74) is 12.0. The molecule has 0 unspecified atom stereocenters. The SMILES string of the molecule is C=C/C=C(\C)c1cccc(-c2ccc3c(ccc4c5ccc(-c6cccc(C/C=C\C=N)c6)cc5n(-c5ccccc5)c34)c2)c1. The molecule has 7 rings (SSSR count). The Bertz CT molecular complexity index is 2280. The Morgan fingerprint density at radius 3 is 2.20 bits per heavy atom. The van der Waals surface area contributed by atoms with Crippen molar-refractivity contribution in [2.24, 2.45) is 0 Å². The van der Waals surface area contributed by atoms with E-state index < -0.39 is 0 Å². The predicted molar refractivity (Wildman–Crippen MR) is 195 cm³/mol. The van der Waals surface area contributed by atoms with E-state index in [-0.39, 0.29) is 0 Å². The Morgan fingerprint density at radius 1 is 0.689 bits per heavy atom. The molecule has 1 aromatic heterocycles. The van der Waals surface area contributed by atoms with E-state index in [1.807, 2.05) is 12.2 Å². The number of rotatable bonds is 8. The molecule has 0 atom stereocenters. The third-order valence-electron chi connectivity index (χ3n) is 8.62. The second-order valence-corrected chi connectivity index (χ2v) is 11.5. The summed E-state index contributed by atoms with van der Waals surface area (Å²) in [7, 11) is 0. The number of fused-ring (bicyclic) bond motifs is 5. The van der Waals surface area contributed by atoms with Crippen molar-refractivity contribution in [1.29, 1.82) is 5.41 Å². The summed E-state index contributed by atoms with van der Waals surface area (Å²) in [5, 5.41) is 12.2. The summed E-state index contributed by atoms with van der Waals surface area (Å²) in [5.74, 6) is 0. The van der Waals surface area contributed by atoms with Crippen LogP contribution in [-0.4, -0.2) is 10.8 Å². The molecule has 7 aromatic rings. The highest BCUT2D eigenvalue weighted by atomic mass is 15.0. The topological polar surface area (TPSA) is 28.8 Å². The molecule has 0 saturated carbocycles. The second kappa shape index (κ2) is 12.1. The van der Waals surface area contributed by atoms with Gasteiger partial charge in [0.2, 0.25) is 0 Å². The minimum atomic E-state index is 0.805. The Kier molecular flexibility index (Phi) is 7.55. The van der Waals surface area contributed by atoms with E-state index in [2.05, 4.69) is 152 Å². The van der Waals surface area contributed by atoms with Gasteiger partial charge >= 0.3 is 0 Å². The van der Waals surface area contributed by atoms with Gasteiger partial charge in [0.25, 0.3) is 0 Å². The highest BCUT2D eigenvalue weighted by molar-refractivity contribution is 6.19. The summed E-state index contributed by atoms with van der Waals surface area (Å²) in [6.07, 6.45) is 9.83. The quantitative estimate of drug-likeness (QED) is 0.137. The number of nitrogens with zero attached hydrogens (tertiary/aromatic N) is 1. The van der Waals surface area contributed by atoms with E-state index in [0.717, 1.165) is 12.1 Å². The molecule has 0 saturated heterocycles. The van der Waals surface area contributed by atoms with Gasteiger partial charge in [-0.1, -0.05) is 122 Å². The van der Waals surface area contributed by atoms with E-state index in [4.69, 9.17) is 5.41 Å². The molecular formula is C43H34N2. The molecule has 0 aliphatic rings. The van der Waals surface area contributed by atoms with Crippen LogP contribution in [0.2, 0.25) is 0 Å². The van der Waals surface area contributed by atoms with Crippen molar-refractivity contribution in [1.82, 2.24) is 4.57 Å². The third kappa shape index (κ3) is 5.32. The summed E-state index contributed by atoms with van der Waals surface area (Å²) in [6.45, 7) is 5.98. The van der Waals surface area contributed by atoms with Crippen molar-refractivity contribution in [2.75, 3.05) is 0 Å². The highest BCUT2D eigenvalue weighted by Crippen LogP contribution is 2.39. The molecule has 0 amide bonds. The minimum absolute atomic E-state index is 0.805. The van der Waals surface area contributed by atoms with Gasteiger partial charge < -0.3 is 9.98 Å². The number of hydrogen-bond donors (Lipinski definition) is 1. The average molecular weight is 579 g/mol. The maximum absolute atomic E-state index is 7.27. The van der Waals surface area contributed by atoms with Gasteiger partial charge in [0.05, 0.1) is 11.0 Å². The lowest BCUT2D eigenvalue weighted by Gasteiger charge is -2.12. The van der Waals surface area contributed by atoms with Crippen molar-refractivity contribution in [3.05, 3.63) is 169 Å². The predicted octanol–water partition coefficient (Wildman–Crippen LogP) is 11.6. The molecule has 0 spiro atoms. The van der Waals surface area contributed by atoms with Crippen molar-refractivity contribution >= 4 is 44.4 Å². The van der Waals surface area contributed by atoms with Crippen LogP contribution in [0.15, 0.2) is 158 Å². The van der Waals surface area contributed by atoms with Crippen LogP contribution in [0.1, 0.15) is 18.1 Å². The van der Waals surface area contributed by atoms with Crippen molar-refractivity contribution in [3.8, 4) is 27.9 Å². The first kappa shape index (κ1) is 28.1. The summed E-state index contributed by atoms with van der Waals surface area (Å²) < 4.78 is 2.43. The zero-order valence-electron chi connectivity index (χ0n) is 25.4. The van der Waals surface area contributed by atoms with E-state index in [9.17, 15) is 0 Å². The zero-order chi connectivity index (χ0) is 30.8. The lowest BCUT2D eigenvalue weighted by atomic mass is 9.96. The average Bonchev–Trinajstić information content (AvgIpc) is 3.43. The maximum atomic E-state index is 7.27. The molecule has 216 valence electrons. The molecule has 2 heteroatoms. The smallest absolute Gasteiger partial charge is 0.0619 e. The van der Waals surface area contributed by atoms with Crippen molar-refractivity contribution in [3.63, 3.8) is 0 Å². The molecule has 6 aromatic carbocycles. The number of para-hydroxylation sites is 1. The third-order valence-corrected chi connectivity index (χ3v) is 8.62. The first-order valence-corrected chi connectivity index (χ1v) is 15.4. The fourth-order valence-corrected chi connectivity index (χ4v) is 6.41. The summed E-state index contributed by atoms with van der Waals surface area (Å²) in [6, 6.07) is 46.4. The van der Waals surface area contributed by atoms with Crippen LogP contribution in [-0.2, 0) is 6.42 Å². The Hall–Kier alpha value is -5.73. The first-order valence-electron chi connectivity index (χ1n) is 15.4. The fourth-order valence-electron chi connectivity index (χ4n) is 6.41. The number of aromatic nitrogens is 1. The van der Waals surface area contributed by atoms with Crippen LogP contribution in [0.25, 0.3) is 66.1 Å². The van der Waals surface area contributed by atoms with Crippen LogP contribution >= 0.6 is 0 Å². The normalized spacial score (nSPS) is 12.0. The van der Waals surface area contributed by atoms with E-state index in [0.29, 0.717) is 0 Å². The second-order valence-electron chi connectivity index (χ2n) is 11.5. The van der Waals surface area contributed by atoms with Crippen LogP contribution in [0, 0.1) is 5.41 Å². The minimum Gasteiger partial charge on any atom is -0.309 e. The lowest BCUT2D eigenvalue weighted by molar-refractivity contribution is 1.19. The van der Waals surface area contributed by atoms with Gasteiger partial charge in [0.1, 0.15) is 0 Å². The van der Waals surface area contributed by atoms with Gasteiger partial charge in [0, 0.05) is 28.1 Å². The van der Waals surface area contributed by atoms with Crippen molar-refractivity contribution in [2.45, 2.75) is 13.3 Å². The molecule has 1 N–H and O–H groups in total. The fraction of sp³-hybridized carbons (Fsp3) is 0.0465. The molecule has 0 aliphatic carbocycles. The number of allylic oxidation sites excluding steroid dienone is 5. The van der Waals surface area contributed by atoms with Gasteiger partial charge in [0.15, 0.2) is 0 Å². The van der Waals surface area contributed by atoms with Gasteiger partial charge in [-0.15, -0.1) is 0 Å². The molecule has 1 heterocycles. The van der Waals surface area contributed by atoms with Crippen molar-refractivity contribution < 1.29 is 0 Å². The summed E-state index contributed by atoms with van der Waals surface area (Å²) in [4.78, 5) is 0. The van der Waals surface area contributed by atoms with Crippen LogP contribution in [0.4, 0.5) is 0 Å². The lowest BCUT2D eigenvalue weighted by Crippen LogP contribution is -1.94. The van der Waals surface area contributed by atoms with Crippen LogP contribution in [0.3, 0.4) is 0 Å². The van der Waals surface area contributed by atoms with Gasteiger partial charge in [-0.25, -0.2) is 0 Å². The molecule has 0 radical (unpaired) electrons. The van der Waals surface area contributed by atoms with E-state index in [1.165, 1.54) is 77.7 Å². The Labute approximate surface area is 264 Å². The van der Waals surface area contributed by atoms with E-state index in [1.54, 1.807) is 6.08 Å². The van der Waals surface area contributed by atoms with E-state index >= 15 is 0 Å². The first-order chi connectivity index (χ1) is 22.1. The summed E-state index contributed by atoms with van der Waals surface area (Å²) >= 11 is 0. The number of benzene rings is 6. The van der Waals surface area contributed by atoms with Gasteiger partial charge in [-0.3, -0.25) is 0 Å². The molecule has 0 aliphatic heterocycles. The molecule has 2 nitrogen and oxygen atoms in total. The molecule has 0 fully saturated rings. The number of nitrogens with one attached hydrogen (secondary N) is 1. The molecular weight excluding hydrogens is 544 g/mol. The van der Waals surface area contributed by atoms with Gasteiger partial charge in [-0.2, -0.15) is 0 Å². The monoisotopic (exact) mass is 578 g/mol. The maximum Gasteiger partial charge on any atom is 0.0619 e.